The van der Waals surface area contributed by atoms with Crippen LogP contribution in [0, 0.1) is 12.7 Å². The third-order valence-electron chi connectivity index (χ3n) is 4.63. The number of ether oxygens (including phenoxy) is 1. The zero-order valence-corrected chi connectivity index (χ0v) is 15.4. The van der Waals surface area contributed by atoms with Gasteiger partial charge in [-0.25, -0.2) is 4.39 Å². The molecule has 1 heterocycles. The number of hydrogen-bond acceptors (Lipinski definition) is 3. The number of nitrogens with one attached hydrogen (secondary N) is 1. The van der Waals surface area contributed by atoms with E-state index < -0.39 is 0 Å². The molecule has 0 aromatic heterocycles. The third kappa shape index (κ3) is 4.61. The Labute approximate surface area is 157 Å². The number of nitrogens with zero attached hydrogens (tertiary/aromatic N) is 1. The molecule has 1 fully saturated rings. The van der Waals surface area contributed by atoms with Crippen LogP contribution in [-0.4, -0.2) is 43.7 Å². The number of hydrogen-bond donors (Lipinski definition) is 1. The highest BCUT2D eigenvalue weighted by Gasteiger charge is 2.23. The first-order chi connectivity index (χ1) is 12.5. The molecule has 2 aromatic rings. The number of carbonyl (C=O) groups excluding carboxylic acids is 1. The summed E-state index contributed by atoms with van der Waals surface area (Å²) in [6.45, 7) is 5.02. The summed E-state index contributed by atoms with van der Waals surface area (Å²) in [5, 5.41) is 3.61. The fourth-order valence-electron chi connectivity index (χ4n) is 3.06. The Morgan fingerprint density at radius 1 is 1.23 bits per heavy atom. The molecule has 1 saturated heterocycles. The van der Waals surface area contributed by atoms with Crippen molar-refractivity contribution in [3.05, 3.63) is 70.0 Å². The molecule has 1 unspecified atom stereocenters. The summed E-state index contributed by atoms with van der Waals surface area (Å²) in [4.78, 5) is 14.7. The van der Waals surface area contributed by atoms with Gasteiger partial charge in [0, 0.05) is 30.2 Å². The van der Waals surface area contributed by atoms with Gasteiger partial charge in [-0.2, -0.15) is 0 Å². The largest absolute Gasteiger partial charge is 0.379 e. The van der Waals surface area contributed by atoms with Crippen molar-refractivity contribution < 1.29 is 13.9 Å². The topological polar surface area (TPSA) is 41.6 Å². The van der Waals surface area contributed by atoms with Gasteiger partial charge in [-0.05, 0) is 42.3 Å². The van der Waals surface area contributed by atoms with Crippen molar-refractivity contribution >= 4 is 17.5 Å². The van der Waals surface area contributed by atoms with E-state index in [4.69, 9.17) is 16.3 Å². The van der Waals surface area contributed by atoms with Crippen LogP contribution in [0.5, 0.6) is 0 Å². The number of benzene rings is 2. The maximum Gasteiger partial charge on any atom is 0.251 e. The van der Waals surface area contributed by atoms with E-state index in [0.717, 1.165) is 18.7 Å². The van der Waals surface area contributed by atoms with E-state index in [0.29, 0.717) is 35.9 Å². The summed E-state index contributed by atoms with van der Waals surface area (Å²) in [5.74, 6) is -0.656. The van der Waals surface area contributed by atoms with Gasteiger partial charge in [-0.15, -0.1) is 0 Å². The Balaban J connectivity index is 1.73. The fourth-order valence-corrected chi connectivity index (χ4v) is 3.18. The van der Waals surface area contributed by atoms with Gasteiger partial charge < -0.3 is 10.1 Å². The lowest BCUT2D eigenvalue weighted by molar-refractivity contribution is 0.0162. The van der Waals surface area contributed by atoms with Crippen LogP contribution < -0.4 is 5.32 Å². The molecule has 3 rings (SSSR count). The highest BCUT2D eigenvalue weighted by molar-refractivity contribution is 6.30. The van der Waals surface area contributed by atoms with Crippen molar-refractivity contribution in [1.82, 2.24) is 10.2 Å². The molecule has 1 atom stereocenters. The lowest BCUT2D eigenvalue weighted by atomic mass is 10.0. The van der Waals surface area contributed by atoms with Gasteiger partial charge in [-0.3, -0.25) is 9.69 Å². The average molecular weight is 377 g/mol. The molecule has 26 heavy (non-hydrogen) atoms. The van der Waals surface area contributed by atoms with Gasteiger partial charge in [-0.1, -0.05) is 29.8 Å². The standard InChI is InChI=1S/C20H22ClFN2O2/c1-14-2-3-16(12-18(14)22)20(25)23-13-19(24-8-10-26-11-9-24)15-4-6-17(21)7-5-15/h2-7,12,19H,8-11,13H2,1H3,(H,23,25). The quantitative estimate of drug-likeness (QED) is 0.867. The zero-order chi connectivity index (χ0) is 18.5. The predicted molar refractivity (Wildman–Crippen MR) is 100 cm³/mol. The Morgan fingerprint density at radius 3 is 2.58 bits per heavy atom. The van der Waals surface area contributed by atoms with Crippen molar-refractivity contribution in [2.45, 2.75) is 13.0 Å². The number of aryl methyl sites for hydroxylation is 1. The second-order valence-corrected chi connectivity index (χ2v) is 6.83. The lowest BCUT2D eigenvalue weighted by Gasteiger charge is -2.35. The van der Waals surface area contributed by atoms with Gasteiger partial charge in [0.25, 0.3) is 5.91 Å². The maximum atomic E-state index is 13.7. The average Bonchev–Trinajstić information content (AvgIpc) is 2.66. The van der Waals surface area contributed by atoms with Gasteiger partial charge in [0.2, 0.25) is 0 Å². The van der Waals surface area contributed by atoms with E-state index in [-0.39, 0.29) is 17.8 Å². The summed E-state index contributed by atoms with van der Waals surface area (Å²) in [7, 11) is 0. The van der Waals surface area contributed by atoms with E-state index in [9.17, 15) is 9.18 Å². The van der Waals surface area contributed by atoms with Crippen molar-refractivity contribution in [3.8, 4) is 0 Å². The van der Waals surface area contributed by atoms with Gasteiger partial charge >= 0.3 is 0 Å². The summed E-state index contributed by atoms with van der Waals surface area (Å²) in [6, 6.07) is 12.2. The molecule has 0 radical (unpaired) electrons. The molecule has 6 heteroatoms. The monoisotopic (exact) mass is 376 g/mol. The third-order valence-corrected chi connectivity index (χ3v) is 4.88. The van der Waals surface area contributed by atoms with Crippen LogP contribution in [0.15, 0.2) is 42.5 Å². The van der Waals surface area contributed by atoms with Crippen LogP contribution in [0.1, 0.15) is 27.5 Å². The summed E-state index contributed by atoms with van der Waals surface area (Å²) >= 11 is 6.00. The molecule has 1 aliphatic rings. The highest BCUT2D eigenvalue weighted by Crippen LogP contribution is 2.23. The van der Waals surface area contributed by atoms with Crippen molar-refractivity contribution in [1.29, 1.82) is 0 Å². The summed E-state index contributed by atoms with van der Waals surface area (Å²) in [6.07, 6.45) is 0. The van der Waals surface area contributed by atoms with E-state index in [2.05, 4.69) is 10.2 Å². The van der Waals surface area contributed by atoms with Crippen LogP contribution in [0.3, 0.4) is 0 Å². The van der Waals surface area contributed by atoms with E-state index in [1.165, 1.54) is 6.07 Å². The first-order valence-corrected chi connectivity index (χ1v) is 9.04. The van der Waals surface area contributed by atoms with Crippen LogP contribution in [0.2, 0.25) is 5.02 Å². The Bertz CT molecular complexity index is 761. The van der Waals surface area contributed by atoms with E-state index in [1.54, 1.807) is 19.1 Å². The molecule has 0 saturated carbocycles. The van der Waals surface area contributed by atoms with E-state index in [1.807, 2.05) is 24.3 Å². The number of halogens is 2. The van der Waals surface area contributed by atoms with Crippen molar-refractivity contribution in [2.24, 2.45) is 0 Å². The SMILES string of the molecule is Cc1ccc(C(=O)NCC(c2ccc(Cl)cc2)N2CCOCC2)cc1F. The first-order valence-electron chi connectivity index (χ1n) is 8.66. The Hall–Kier alpha value is -1.95. The molecule has 1 aliphatic heterocycles. The highest BCUT2D eigenvalue weighted by atomic mass is 35.5. The molecule has 1 N–H and O–H groups in total. The van der Waals surface area contributed by atoms with Crippen molar-refractivity contribution in [3.63, 3.8) is 0 Å². The molecular formula is C20H22ClFN2O2. The van der Waals surface area contributed by atoms with Crippen LogP contribution in [0.25, 0.3) is 0 Å². The minimum atomic E-state index is -0.375. The van der Waals surface area contributed by atoms with E-state index >= 15 is 0 Å². The summed E-state index contributed by atoms with van der Waals surface area (Å²) < 4.78 is 19.1. The smallest absolute Gasteiger partial charge is 0.251 e. The Morgan fingerprint density at radius 2 is 1.92 bits per heavy atom. The van der Waals surface area contributed by atoms with Gasteiger partial charge in [0.1, 0.15) is 5.82 Å². The van der Waals surface area contributed by atoms with Gasteiger partial charge in [0.15, 0.2) is 0 Å². The molecule has 2 aromatic carbocycles. The maximum absolute atomic E-state index is 13.7. The Kier molecular flexibility index (Phi) is 6.25. The molecule has 1 amide bonds. The second kappa shape index (κ2) is 8.62. The molecule has 0 spiro atoms. The number of carbonyl (C=O) groups is 1. The molecule has 0 aliphatic carbocycles. The van der Waals surface area contributed by atoms with Crippen LogP contribution in [0.4, 0.5) is 4.39 Å². The first kappa shape index (κ1) is 18.8. The second-order valence-electron chi connectivity index (χ2n) is 6.39. The molecule has 4 nitrogen and oxygen atoms in total. The number of amides is 1. The lowest BCUT2D eigenvalue weighted by Crippen LogP contribution is -2.43. The molecular weight excluding hydrogens is 355 g/mol. The summed E-state index contributed by atoms with van der Waals surface area (Å²) in [5.41, 5.74) is 1.92. The molecule has 138 valence electrons. The van der Waals surface area contributed by atoms with Gasteiger partial charge in [0.05, 0.1) is 19.3 Å². The van der Waals surface area contributed by atoms with Crippen molar-refractivity contribution in [2.75, 3.05) is 32.8 Å². The molecule has 0 bridgehead atoms. The normalized spacial score (nSPS) is 16.3. The predicted octanol–water partition coefficient (Wildman–Crippen LogP) is 3.59. The number of morpholine rings is 1. The van der Waals surface area contributed by atoms with Crippen LogP contribution in [-0.2, 0) is 4.74 Å². The number of rotatable bonds is 5. The zero-order valence-electron chi connectivity index (χ0n) is 14.7. The minimum Gasteiger partial charge on any atom is -0.379 e. The minimum absolute atomic E-state index is 0.00964. The fraction of sp³-hybridized carbons (Fsp3) is 0.350. The van der Waals surface area contributed by atoms with Crippen LogP contribution >= 0.6 is 11.6 Å².